The van der Waals surface area contributed by atoms with E-state index in [0.717, 1.165) is 22.6 Å². The molecule has 2 aromatic carbocycles. The molecule has 2 aromatic heterocycles. The zero-order valence-electron chi connectivity index (χ0n) is 16.2. The van der Waals surface area contributed by atoms with Gasteiger partial charge in [-0.15, -0.1) is 5.10 Å². The van der Waals surface area contributed by atoms with E-state index in [1.54, 1.807) is 9.36 Å². The molecular formula is C20H18N6O2S2. The Kier molecular flexibility index (Phi) is 5.34. The zero-order chi connectivity index (χ0) is 21.3. The Hall–Kier alpha value is -3.50. The van der Waals surface area contributed by atoms with Gasteiger partial charge in [0, 0.05) is 18.3 Å². The van der Waals surface area contributed by atoms with Crippen LogP contribution in [0.3, 0.4) is 0 Å². The number of H-pyrrole nitrogens is 1. The summed E-state index contributed by atoms with van der Waals surface area (Å²) < 4.78 is 8.68. The van der Waals surface area contributed by atoms with Crippen molar-refractivity contribution in [1.29, 1.82) is 0 Å². The molecule has 4 aromatic rings. The Balaban J connectivity index is 1.52. The lowest BCUT2D eigenvalue weighted by Crippen LogP contribution is -2.25. The molecule has 0 unspecified atom stereocenters. The molecule has 0 aliphatic carbocycles. The minimum absolute atomic E-state index is 0.180. The molecule has 0 amide bonds. The molecule has 8 nitrogen and oxygen atoms in total. The number of benzene rings is 2. The van der Waals surface area contributed by atoms with Crippen LogP contribution in [0, 0.1) is 11.8 Å². The first kappa shape index (κ1) is 19.8. The van der Waals surface area contributed by atoms with Gasteiger partial charge in [0.1, 0.15) is 5.69 Å². The third-order valence-corrected chi connectivity index (χ3v) is 5.00. The monoisotopic (exact) mass is 438 g/mol. The van der Waals surface area contributed by atoms with Crippen molar-refractivity contribution in [2.75, 3.05) is 10.6 Å². The normalized spacial score (nSPS) is 10.7. The second kappa shape index (κ2) is 8.09. The van der Waals surface area contributed by atoms with Gasteiger partial charge in [-0.3, -0.25) is 9.48 Å². The van der Waals surface area contributed by atoms with E-state index in [1.165, 1.54) is 0 Å². The predicted octanol–water partition coefficient (Wildman–Crippen LogP) is 4.01. The average Bonchev–Trinajstić information content (AvgIpc) is 3.26. The summed E-state index contributed by atoms with van der Waals surface area (Å²) in [6.45, 7) is 1.86. The van der Waals surface area contributed by atoms with Crippen molar-refractivity contribution in [3.8, 4) is 17.1 Å². The molecule has 0 aliphatic heterocycles. The summed E-state index contributed by atoms with van der Waals surface area (Å²) in [7, 11) is 1.83. The predicted molar refractivity (Wildman–Crippen MR) is 123 cm³/mol. The van der Waals surface area contributed by atoms with Crippen molar-refractivity contribution in [1.82, 2.24) is 19.6 Å². The molecule has 0 fully saturated rings. The van der Waals surface area contributed by atoms with Crippen molar-refractivity contribution in [2.24, 2.45) is 7.05 Å². The maximum Gasteiger partial charge on any atom is 0.295 e. The molecule has 4 rings (SSSR count). The van der Waals surface area contributed by atoms with Crippen molar-refractivity contribution < 1.29 is 4.42 Å². The van der Waals surface area contributed by atoms with E-state index in [4.69, 9.17) is 28.9 Å². The van der Waals surface area contributed by atoms with Crippen LogP contribution in [-0.2, 0) is 7.05 Å². The fourth-order valence-electron chi connectivity index (χ4n) is 3.04. The van der Waals surface area contributed by atoms with Gasteiger partial charge >= 0.3 is 0 Å². The number of rotatable bonds is 4. The summed E-state index contributed by atoms with van der Waals surface area (Å²) in [5.41, 5.74) is 3.31. The first-order valence-electron chi connectivity index (χ1n) is 9.02. The van der Waals surface area contributed by atoms with Gasteiger partial charge in [0.15, 0.2) is 5.11 Å². The van der Waals surface area contributed by atoms with Crippen molar-refractivity contribution in [2.45, 2.75) is 6.92 Å². The Morgan fingerprint density at radius 1 is 1.10 bits per heavy atom. The van der Waals surface area contributed by atoms with Gasteiger partial charge in [0.25, 0.3) is 10.4 Å². The topological polar surface area (TPSA) is 92.8 Å². The third kappa shape index (κ3) is 3.82. The highest BCUT2D eigenvalue weighted by molar-refractivity contribution is 7.80. The molecule has 0 aliphatic rings. The summed E-state index contributed by atoms with van der Waals surface area (Å²) >= 11 is 10.3. The van der Waals surface area contributed by atoms with Gasteiger partial charge in [-0.1, -0.05) is 18.2 Å². The summed E-state index contributed by atoms with van der Waals surface area (Å²) in [6, 6.07) is 16.8. The summed E-state index contributed by atoms with van der Waals surface area (Å²) in [5, 5.41) is 13.0. The lowest BCUT2D eigenvalue weighted by atomic mass is 10.2. The van der Waals surface area contributed by atoms with Crippen LogP contribution in [0.15, 0.2) is 63.8 Å². The number of hydrogen-bond acceptors (Lipinski definition) is 5. The number of nitrogens with zero attached hydrogens (tertiary/aromatic N) is 3. The number of thiocarbonyl (C=S) groups is 1. The van der Waals surface area contributed by atoms with Gasteiger partial charge in [-0.25, -0.2) is 9.78 Å². The minimum Gasteiger partial charge on any atom is -0.409 e. The Morgan fingerprint density at radius 2 is 1.80 bits per heavy atom. The van der Waals surface area contributed by atoms with Crippen LogP contribution >= 0.6 is 24.4 Å². The smallest absolute Gasteiger partial charge is 0.295 e. The van der Waals surface area contributed by atoms with Crippen LogP contribution in [0.1, 0.15) is 5.69 Å². The number of nitrogens with one attached hydrogen (secondary N) is 3. The first-order valence-corrected chi connectivity index (χ1v) is 9.83. The fraction of sp³-hybridized carbons (Fsp3) is 0.100. The second-order valence-electron chi connectivity index (χ2n) is 6.51. The SMILES string of the molecule is Cc1c(NC(=S)Nc2ccc(-c3n[nH]c(=S)o3)cc2)c(=O)n(-c2ccccc2)n1C. The van der Waals surface area contributed by atoms with E-state index in [0.29, 0.717) is 16.7 Å². The highest BCUT2D eigenvalue weighted by atomic mass is 32.1. The molecule has 0 radical (unpaired) electrons. The van der Waals surface area contributed by atoms with Crippen LogP contribution < -0.4 is 16.2 Å². The van der Waals surface area contributed by atoms with E-state index in [2.05, 4.69) is 20.8 Å². The molecule has 0 saturated carbocycles. The molecule has 3 N–H and O–H groups in total. The molecule has 152 valence electrons. The Morgan fingerprint density at radius 3 is 2.43 bits per heavy atom. The zero-order valence-corrected chi connectivity index (χ0v) is 17.8. The molecular weight excluding hydrogens is 420 g/mol. The Bertz CT molecular complexity index is 1320. The van der Waals surface area contributed by atoms with Gasteiger partial charge < -0.3 is 15.1 Å². The highest BCUT2D eigenvalue weighted by Crippen LogP contribution is 2.20. The molecule has 2 heterocycles. The summed E-state index contributed by atoms with van der Waals surface area (Å²) in [6.07, 6.45) is 0. The van der Waals surface area contributed by atoms with Crippen LogP contribution in [0.4, 0.5) is 11.4 Å². The van der Waals surface area contributed by atoms with E-state index >= 15 is 0 Å². The standard InChI is InChI=1S/C20H18N6O2S2/c1-12-16(18(27)26(25(12)2)15-6-4-3-5-7-15)22-19(29)21-14-10-8-13(9-11-14)17-23-24-20(30)28-17/h3-11H,1-2H3,(H,24,30)(H2,21,22,29). The summed E-state index contributed by atoms with van der Waals surface area (Å²) in [4.78, 5) is 13.2. The number of aromatic nitrogens is 4. The van der Waals surface area contributed by atoms with Crippen LogP contribution in [-0.4, -0.2) is 24.7 Å². The van der Waals surface area contributed by atoms with E-state index in [-0.39, 0.29) is 10.4 Å². The molecule has 0 bridgehead atoms. The van der Waals surface area contributed by atoms with Gasteiger partial charge in [0.2, 0.25) is 5.89 Å². The molecule has 0 spiro atoms. The van der Waals surface area contributed by atoms with Crippen LogP contribution in [0.2, 0.25) is 0 Å². The van der Waals surface area contributed by atoms with Crippen molar-refractivity contribution >= 4 is 40.9 Å². The second-order valence-corrected chi connectivity index (χ2v) is 7.29. The first-order chi connectivity index (χ1) is 14.4. The molecule has 0 saturated heterocycles. The molecule has 30 heavy (non-hydrogen) atoms. The third-order valence-electron chi connectivity index (χ3n) is 4.62. The minimum atomic E-state index is -0.180. The van der Waals surface area contributed by atoms with Crippen LogP contribution in [0.25, 0.3) is 17.1 Å². The number of anilines is 2. The van der Waals surface area contributed by atoms with Crippen molar-refractivity contribution in [3.63, 3.8) is 0 Å². The number of hydrogen-bond donors (Lipinski definition) is 3. The lowest BCUT2D eigenvalue weighted by Gasteiger charge is -2.10. The maximum absolute atomic E-state index is 13.0. The Labute approximate surface area is 182 Å². The van der Waals surface area contributed by atoms with E-state index in [1.807, 2.05) is 68.6 Å². The van der Waals surface area contributed by atoms with E-state index in [9.17, 15) is 4.79 Å². The number of aromatic amines is 1. The lowest BCUT2D eigenvalue weighted by molar-refractivity contribution is 0.552. The quantitative estimate of drug-likeness (QED) is 0.415. The van der Waals surface area contributed by atoms with E-state index < -0.39 is 0 Å². The van der Waals surface area contributed by atoms with Crippen LogP contribution in [0.5, 0.6) is 0 Å². The van der Waals surface area contributed by atoms with Crippen molar-refractivity contribution in [3.05, 3.63) is 75.5 Å². The highest BCUT2D eigenvalue weighted by Gasteiger charge is 2.17. The van der Waals surface area contributed by atoms with Gasteiger partial charge in [-0.05, 0) is 67.8 Å². The fourth-order valence-corrected chi connectivity index (χ4v) is 3.38. The largest absolute Gasteiger partial charge is 0.409 e. The summed E-state index contributed by atoms with van der Waals surface area (Å²) in [5.74, 6) is 0.411. The average molecular weight is 439 g/mol. The number of para-hydroxylation sites is 1. The van der Waals surface area contributed by atoms with Gasteiger partial charge in [-0.2, -0.15) is 0 Å². The maximum atomic E-state index is 13.0. The molecule has 0 atom stereocenters. The van der Waals surface area contributed by atoms with Gasteiger partial charge in [0.05, 0.1) is 11.4 Å². The molecule has 10 heteroatoms.